The van der Waals surface area contributed by atoms with Gasteiger partial charge in [0, 0.05) is 19.0 Å². The molecule has 2 aromatic rings. The number of anilines is 1. The highest BCUT2D eigenvalue weighted by atomic mass is 35.5. The third kappa shape index (κ3) is 4.15. The molecule has 1 N–H and O–H groups in total. The van der Waals surface area contributed by atoms with E-state index >= 15 is 0 Å². The Kier molecular flexibility index (Phi) is 6.26. The molecule has 0 spiro atoms. The Morgan fingerprint density at radius 3 is 2.46 bits per heavy atom. The zero-order valence-electron chi connectivity index (χ0n) is 14.7. The van der Waals surface area contributed by atoms with Gasteiger partial charge in [-0.2, -0.15) is 9.57 Å². The van der Waals surface area contributed by atoms with E-state index in [1.807, 2.05) is 6.07 Å². The summed E-state index contributed by atoms with van der Waals surface area (Å²) in [6, 6.07) is 13.0. The third-order valence-electron chi connectivity index (χ3n) is 4.66. The first kappa shape index (κ1) is 20.6. The number of piperidine rings is 1. The number of sulfonamides is 1. The minimum atomic E-state index is -3.78. The largest absolute Gasteiger partial charge is 0.324 e. The van der Waals surface area contributed by atoms with Crippen molar-refractivity contribution >= 4 is 44.8 Å². The van der Waals surface area contributed by atoms with Crippen molar-refractivity contribution in [2.75, 3.05) is 18.4 Å². The fraction of sp³-hybridized carbons (Fsp3) is 0.263. The number of rotatable bonds is 4. The van der Waals surface area contributed by atoms with E-state index in [1.165, 1.54) is 16.4 Å². The normalized spacial score (nSPS) is 15.8. The lowest BCUT2D eigenvalue weighted by Crippen LogP contribution is -2.41. The van der Waals surface area contributed by atoms with Crippen LogP contribution in [0.3, 0.4) is 0 Å². The Bertz CT molecular complexity index is 1040. The molecule has 6 nitrogen and oxygen atoms in total. The number of nitrogens with one attached hydrogen (secondary N) is 1. The SMILES string of the molecule is N#Cc1ccccc1S(=O)(=O)N1CCC(C(=O)Nc2cccc(Cl)c2Cl)CC1. The van der Waals surface area contributed by atoms with Crippen LogP contribution in [0.15, 0.2) is 47.4 Å². The summed E-state index contributed by atoms with van der Waals surface area (Å²) in [5.41, 5.74) is 0.537. The zero-order chi connectivity index (χ0) is 20.3. The smallest absolute Gasteiger partial charge is 0.244 e. The molecule has 28 heavy (non-hydrogen) atoms. The first-order valence-electron chi connectivity index (χ1n) is 8.58. The Hall–Kier alpha value is -2.11. The molecule has 1 amide bonds. The van der Waals surface area contributed by atoms with E-state index in [-0.39, 0.29) is 40.4 Å². The van der Waals surface area contributed by atoms with Gasteiger partial charge in [0.05, 0.1) is 26.2 Å². The van der Waals surface area contributed by atoms with E-state index in [0.717, 1.165) is 0 Å². The van der Waals surface area contributed by atoms with Gasteiger partial charge in [0.25, 0.3) is 0 Å². The molecular formula is C19H17Cl2N3O3S. The van der Waals surface area contributed by atoms with Gasteiger partial charge in [0.1, 0.15) is 6.07 Å². The van der Waals surface area contributed by atoms with E-state index in [4.69, 9.17) is 23.2 Å². The highest BCUT2D eigenvalue weighted by molar-refractivity contribution is 7.89. The number of benzene rings is 2. The fourth-order valence-corrected chi connectivity index (χ4v) is 5.08. The Labute approximate surface area is 173 Å². The molecule has 146 valence electrons. The predicted molar refractivity (Wildman–Crippen MR) is 108 cm³/mol. The van der Waals surface area contributed by atoms with Crippen molar-refractivity contribution in [3.8, 4) is 6.07 Å². The minimum Gasteiger partial charge on any atom is -0.324 e. The molecule has 0 bridgehead atoms. The first-order valence-corrected chi connectivity index (χ1v) is 10.8. The van der Waals surface area contributed by atoms with Crippen LogP contribution >= 0.6 is 23.2 Å². The summed E-state index contributed by atoms with van der Waals surface area (Å²) in [5.74, 6) is -0.564. The monoisotopic (exact) mass is 437 g/mol. The Morgan fingerprint density at radius 1 is 1.11 bits per heavy atom. The summed E-state index contributed by atoms with van der Waals surface area (Å²) < 4.78 is 27.0. The molecule has 3 rings (SSSR count). The van der Waals surface area contributed by atoms with Gasteiger partial charge in [-0.3, -0.25) is 4.79 Å². The molecule has 0 unspecified atom stereocenters. The summed E-state index contributed by atoms with van der Waals surface area (Å²) in [5, 5.41) is 12.5. The topological polar surface area (TPSA) is 90.3 Å². The van der Waals surface area contributed by atoms with E-state index in [2.05, 4.69) is 5.32 Å². The summed E-state index contributed by atoms with van der Waals surface area (Å²) in [6.07, 6.45) is 0.746. The van der Waals surface area contributed by atoms with Crippen LogP contribution in [0.4, 0.5) is 5.69 Å². The predicted octanol–water partition coefficient (Wildman–Crippen LogP) is 3.90. The summed E-state index contributed by atoms with van der Waals surface area (Å²) >= 11 is 12.1. The number of hydrogen-bond acceptors (Lipinski definition) is 4. The zero-order valence-corrected chi connectivity index (χ0v) is 17.1. The lowest BCUT2D eigenvalue weighted by atomic mass is 9.97. The lowest BCUT2D eigenvalue weighted by molar-refractivity contribution is -0.120. The number of amides is 1. The van der Waals surface area contributed by atoms with E-state index in [0.29, 0.717) is 23.6 Å². The van der Waals surface area contributed by atoms with Gasteiger partial charge in [0.15, 0.2) is 0 Å². The van der Waals surface area contributed by atoms with Crippen molar-refractivity contribution in [1.82, 2.24) is 4.31 Å². The molecule has 0 radical (unpaired) electrons. The van der Waals surface area contributed by atoms with Crippen molar-refractivity contribution in [2.24, 2.45) is 5.92 Å². The fourth-order valence-electron chi connectivity index (χ4n) is 3.12. The van der Waals surface area contributed by atoms with Gasteiger partial charge in [0.2, 0.25) is 15.9 Å². The van der Waals surface area contributed by atoms with Crippen molar-refractivity contribution in [2.45, 2.75) is 17.7 Å². The second-order valence-corrected chi connectivity index (χ2v) is 9.07. The summed E-state index contributed by atoms with van der Waals surface area (Å²) in [7, 11) is -3.78. The summed E-state index contributed by atoms with van der Waals surface area (Å²) in [6.45, 7) is 0.396. The van der Waals surface area contributed by atoms with Crippen LogP contribution in [0.2, 0.25) is 10.0 Å². The van der Waals surface area contributed by atoms with Gasteiger partial charge in [-0.15, -0.1) is 0 Å². The summed E-state index contributed by atoms with van der Waals surface area (Å²) in [4.78, 5) is 12.5. The third-order valence-corrected chi connectivity index (χ3v) is 7.44. The molecule has 1 fully saturated rings. The standard InChI is InChI=1S/C19H17Cl2N3O3S/c20-15-5-3-6-16(18(15)21)23-19(25)13-8-10-24(11-9-13)28(26,27)17-7-2-1-4-14(17)12-22/h1-7,13H,8-11H2,(H,23,25). The number of hydrogen-bond donors (Lipinski definition) is 1. The van der Waals surface area contributed by atoms with Crippen LogP contribution in [-0.4, -0.2) is 31.7 Å². The number of nitrogens with zero attached hydrogens (tertiary/aromatic N) is 2. The average Bonchev–Trinajstić information content (AvgIpc) is 2.71. The Balaban J connectivity index is 1.68. The quantitative estimate of drug-likeness (QED) is 0.784. The van der Waals surface area contributed by atoms with Gasteiger partial charge in [-0.1, -0.05) is 41.4 Å². The van der Waals surface area contributed by atoms with Crippen LogP contribution in [0.1, 0.15) is 18.4 Å². The molecule has 0 atom stereocenters. The van der Waals surface area contributed by atoms with Crippen LogP contribution in [0.5, 0.6) is 0 Å². The maximum absolute atomic E-state index is 12.9. The highest BCUT2D eigenvalue weighted by Gasteiger charge is 2.33. The van der Waals surface area contributed by atoms with Crippen molar-refractivity contribution in [3.63, 3.8) is 0 Å². The minimum absolute atomic E-state index is 0.00823. The first-order chi connectivity index (χ1) is 13.3. The molecule has 0 saturated carbocycles. The Morgan fingerprint density at radius 2 is 1.79 bits per heavy atom. The van der Waals surface area contributed by atoms with Crippen molar-refractivity contribution in [1.29, 1.82) is 5.26 Å². The van der Waals surface area contributed by atoms with Crippen LogP contribution in [0, 0.1) is 17.2 Å². The molecule has 0 aliphatic carbocycles. The van der Waals surface area contributed by atoms with Crippen molar-refractivity contribution < 1.29 is 13.2 Å². The maximum Gasteiger partial charge on any atom is 0.244 e. The number of carbonyl (C=O) groups excluding carboxylic acids is 1. The van der Waals surface area contributed by atoms with Gasteiger partial charge < -0.3 is 5.32 Å². The molecule has 2 aromatic carbocycles. The van der Waals surface area contributed by atoms with Crippen LogP contribution < -0.4 is 5.32 Å². The molecule has 1 aliphatic heterocycles. The van der Waals surface area contributed by atoms with E-state index in [9.17, 15) is 18.5 Å². The maximum atomic E-state index is 12.9. The lowest BCUT2D eigenvalue weighted by Gasteiger charge is -2.30. The van der Waals surface area contributed by atoms with Gasteiger partial charge >= 0.3 is 0 Å². The molecule has 9 heteroatoms. The molecule has 0 aromatic heterocycles. The van der Waals surface area contributed by atoms with E-state index in [1.54, 1.807) is 30.3 Å². The van der Waals surface area contributed by atoms with Gasteiger partial charge in [-0.05, 0) is 37.1 Å². The van der Waals surface area contributed by atoms with Crippen LogP contribution in [-0.2, 0) is 14.8 Å². The molecular weight excluding hydrogens is 421 g/mol. The van der Waals surface area contributed by atoms with Gasteiger partial charge in [-0.25, -0.2) is 8.42 Å². The number of nitriles is 1. The average molecular weight is 438 g/mol. The molecule has 1 heterocycles. The molecule has 1 saturated heterocycles. The highest BCUT2D eigenvalue weighted by Crippen LogP contribution is 2.31. The number of halogens is 2. The second-order valence-electron chi connectivity index (χ2n) is 6.38. The second kappa shape index (κ2) is 8.50. The van der Waals surface area contributed by atoms with Crippen LogP contribution in [0.25, 0.3) is 0 Å². The van der Waals surface area contributed by atoms with E-state index < -0.39 is 10.0 Å². The van der Waals surface area contributed by atoms with Crippen molar-refractivity contribution in [3.05, 3.63) is 58.1 Å². The molecule has 1 aliphatic rings. The number of carbonyl (C=O) groups is 1.